The third kappa shape index (κ3) is 3.33. The van der Waals surface area contributed by atoms with Crippen LogP contribution in [0.1, 0.15) is 19.4 Å². The van der Waals surface area contributed by atoms with Crippen LogP contribution in [0.5, 0.6) is 0 Å². The van der Waals surface area contributed by atoms with Gasteiger partial charge in [-0.25, -0.2) is 13.9 Å². The van der Waals surface area contributed by atoms with E-state index in [-0.39, 0.29) is 6.10 Å². The Bertz CT molecular complexity index is 582. The highest BCUT2D eigenvalue weighted by Crippen LogP contribution is 2.34. The van der Waals surface area contributed by atoms with Crippen LogP contribution in [0.25, 0.3) is 0 Å². The Hall–Kier alpha value is -1.25. The minimum atomic E-state index is -0.512. The van der Waals surface area contributed by atoms with E-state index in [0.717, 1.165) is 27.2 Å². The van der Waals surface area contributed by atoms with Crippen LogP contribution in [0.15, 0.2) is 22.7 Å². The van der Waals surface area contributed by atoms with E-state index in [4.69, 9.17) is 4.84 Å². The second-order valence-electron chi connectivity index (χ2n) is 4.82. The van der Waals surface area contributed by atoms with E-state index in [1.54, 1.807) is 20.9 Å². The number of hydrogen-bond acceptors (Lipinski definition) is 4. The van der Waals surface area contributed by atoms with E-state index in [1.807, 2.05) is 25.1 Å². The number of carbonyl (C=O) groups excluding carboxylic acids is 2. The molecule has 4 amide bonds. The van der Waals surface area contributed by atoms with Crippen molar-refractivity contribution >= 4 is 45.8 Å². The number of hydroxylamine groups is 2. The van der Waals surface area contributed by atoms with E-state index in [9.17, 15) is 9.59 Å². The molecule has 0 saturated carbocycles. The van der Waals surface area contributed by atoms with Gasteiger partial charge in [0.05, 0.1) is 23.9 Å². The standard InChI is InChI=1S/C13H16BrN3O3S/c1-8(2)20-16-12(18)15(4)21-17(13(16)19)11-6-5-10(14)7-9(11)3/h5-8H,1-4H3. The van der Waals surface area contributed by atoms with Crippen molar-refractivity contribution in [2.45, 2.75) is 26.9 Å². The minimum Gasteiger partial charge on any atom is -0.258 e. The Kier molecular flexibility index (Phi) is 4.80. The van der Waals surface area contributed by atoms with Gasteiger partial charge in [-0.2, -0.15) is 0 Å². The summed E-state index contributed by atoms with van der Waals surface area (Å²) in [6.07, 6.45) is -0.276. The largest absolute Gasteiger partial charge is 0.369 e. The average Bonchev–Trinajstić information content (AvgIpc) is 2.39. The quantitative estimate of drug-likeness (QED) is 0.752. The molecule has 1 aromatic rings. The second kappa shape index (κ2) is 6.25. The zero-order valence-corrected chi connectivity index (χ0v) is 14.6. The number of amides is 4. The lowest BCUT2D eigenvalue weighted by atomic mass is 10.2. The summed E-state index contributed by atoms with van der Waals surface area (Å²) in [6.45, 7) is 5.42. The summed E-state index contributed by atoms with van der Waals surface area (Å²) in [6, 6.07) is 4.57. The zero-order chi connectivity index (χ0) is 15.7. The fourth-order valence-corrected chi connectivity index (χ4v) is 3.08. The fraction of sp³-hybridized carbons (Fsp3) is 0.385. The molecular weight excluding hydrogens is 358 g/mol. The van der Waals surface area contributed by atoms with Crippen molar-refractivity contribution in [3.05, 3.63) is 28.2 Å². The van der Waals surface area contributed by atoms with Crippen molar-refractivity contribution in [1.29, 1.82) is 0 Å². The number of imide groups is 1. The highest BCUT2D eigenvalue weighted by atomic mass is 79.9. The van der Waals surface area contributed by atoms with Gasteiger partial charge in [0.1, 0.15) is 0 Å². The summed E-state index contributed by atoms with van der Waals surface area (Å²) in [5, 5.41) is 0.794. The third-order valence-corrected chi connectivity index (χ3v) is 4.10. The smallest absolute Gasteiger partial charge is 0.258 e. The van der Waals surface area contributed by atoms with Crippen LogP contribution in [0.4, 0.5) is 15.3 Å². The van der Waals surface area contributed by atoms with E-state index in [0.29, 0.717) is 5.69 Å². The molecule has 0 aliphatic carbocycles. The average molecular weight is 374 g/mol. The molecule has 0 spiro atoms. The first-order valence-electron chi connectivity index (χ1n) is 6.34. The van der Waals surface area contributed by atoms with Crippen molar-refractivity contribution in [2.75, 3.05) is 11.4 Å². The van der Waals surface area contributed by atoms with E-state index < -0.39 is 12.1 Å². The van der Waals surface area contributed by atoms with Gasteiger partial charge < -0.3 is 0 Å². The molecule has 0 N–H and O–H groups in total. The van der Waals surface area contributed by atoms with E-state index >= 15 is 0 Å². The normalized spacial score (nSPS) is 16.2. The number of anilines is 1. The molecule has 0 radical (unpaired) electrons. The van der Waals surface area contributed by atoms with Gasteiger partial charge in [-0.05, 0) is 44.5 Å². The van der Waals surface area contributed by atoms with Crippen molar-refractivity contribution in [2.24, 2.45) is 0 Å². The van der Waals surface area contributed by atoms with Crippen LogP contribution in [0, 0.1) is 6.92 Å². The van der Waals surface area contributed by atoms with Crippen LogP contribution in [-0.2, 0) is 4.84 Å². The van der Waals surface area contributed by atoms with E-state index in [2.05, 4.69) is 15.9 Å². The molecule has 6 nitrogen and oxygen atoms in total. The third-order valence-electron chi connectivity index (χ3n) is 2.69. The maximum atomic E-state index is 12.5. The molecule has 1 saturated heterocycles. The molecule has 21 heavy (non-hydrogen) atoms. The molecule has 1 aliphatic rings. The van der Waals surface area contributed by atoms with E-state index in [1.165, 1.54) is 8.61 Å². The molecule has 1 heterocycles. The molecule has 8 heteroatoms. The van der Waals surface area contributed by atoms with Crippen molar-refractivity contribution in [1.82, 2.24) is 9.37 Å². The lowest BCUT2D eigenvalue weighted by Crippen LogP contribution is -2.54. The zero-order valence-electron chi connectivity index (χ0n) is 12.2. The minimum absolute atomic E-state index is 0.276. The van der Waals surface area contributed by atoms with Gasteiger partial charge >= 0.3 is 12.1 Å². The second-order valence-corrected chi connectivity index (χ2v) is 6.81. The predicted octanol–water partition coefficient (Wildman–Crippen LogP) is 3.95. The van der Waals surface area contributed by atoms with Gasteiger partial charge in [-0.3, -0.25) is 9.14 Å². The Labute approximate surface area is 136 Å². The molecule has 0 unspecified atom stereocenters. The monoisotopic (exact) mass is 373 g/mol. The molecule has 1 fully saturated rings. The number of halogens is 1. The highest BCUT2D eigenvalue weighted by Gasteiger charge is 2.40. The molecule has 0 bridgehead atoms. The Morgan fingerprint density at radius 2 is 1.90 bits per heavy atom. The molecule has 0 aromatic heterocycles. The lowest BCUT2D eigenvalue weighted by Gasteiger charge is -2.37. The predicted molar refractivity (Wildman–Crippen MR) is 85.6 cm³/mol. The lowest BCUT2D eigenvalue weighted by molar-refractivity contribution is -0.114. The molecule has 1 aliphatic heterocycles. The maximum Gasteiger partial charge on any atom is 0.369 e. The van der Waals surface area contributed by atoms with Gasteiger partial charge in [0.15, 0.2) is 0 Å². The number of aryl methyl sites for hydroxylation is 1. The number of benzene rings is 1. The van der Waals surface area contributed by atoms with Crippen LogP contribution in [0.2, 0.25) is 0 Å². The maximum absolute atomic E-state index is 12.5. The van der Waals surface area contributed by atoms with Crippen molar-refractivity contribution in [3.8, 4) is 0 Å². The Balaban J connectivity index is 2.35. The molecule has 2 rings (SSSR count). The first-order chi connectivity index (χ1) is 9.81. The number of carbonyl (C=O) groups is 2. The number of hydrogen-bond donors (Lipinski definition) is 0. The van der Waals surface area contributed by atoms with Gasteiger partial charge in [-0.1, -0.05) is 15.9 Å². The van der Waals surface area contributed by atoms with Gasteiger partial charge in [-0.15, -0.1) is 5.06 Å². The topological polar surface area (TPSA) is 53.1 Å². The van der Waals surface area contributed by atoms with Crippen LogP contribution < -0.4 is 4.31 Å². The van der Waals surface area contributed by atoms with Crippen molar-refractivity contribution < 1.29 is 14.4 Å². The summed E-state index contributed by atoms with van der Waals surface area (Å²) in [5.74, 6) is 0. The molecule has 114 valence electrons. The molecule has 1 aromatic carbocycles. The summed E-state index contributed by atoms with van der Waals surface area (Å²) in [7, 11) is 1.59. The SMILES string of the molecule is Cc1cc(Br)ccc1N1SN(C)C(=O)N(OC(C)C)C1=O. The van der Waals surface area contributed by atoms with Crippen LogP contribution in [-0.4, -0.2) is 34.6 Å². The number of nitrogens with zero attached hydrogens (tertiary/aromatic N) is 3. The van der Waals surface area contributed by atoms with Gasteiger partial charge in [0.25, 0.3) is 0 Å². The number of urea groups is 2. The summed E-state index contributed by atoms with van der Waals surface area (Å²) in [5.41, 5.74) is 1.63. The molecule has 0 atom stereocenters. The Morgan fingerprint density at radius 1 is 1.24 bits per heavy atom. The van der Waals surface area contributed by atoms with Crippen LogP contribution >= 0.6 is 28.1 Å². The first kappa shape index (κ1) is 16.1. The summed E-state index contributed by atoms with van der Waals surface area (Å²) >= 11 is 4.43. The highest BCUT2D eigenvalue weighted by molar-refractivity contribution is 9.10. The summed E-state index contributed by atoms with van der Waals surface area (Å²) < 4.78 is 3.72. The van der Waals surface area contributed by atoms with Crippen LogP contribution in [0.3, 0.4) is 0 Å². The number of rotatable bonds is 3. The first-order valence-corrected chi connectivity index (χ1v) is 7.86. The Morgan fingerprint density at radius 3 is 2.48 bits per heavy atom. The van der Waals surface area contributed by atoms with Crippen molar-refractivity contribution in [3.63, 3.8) is 0 Å². The fourth-order valence-electron chi connectivity index (χ4n) is 1.78. The van der Waals surface area contributed by atoms with Gasteiger partial charge in [0, 0.05) is 11.5 Å². The van der Waals surface area contributed by atoms with Gasteiger partial charge in [0.2, 0.25) is 0 Å². The summed E-state index contributed by atoms with van der Waals surface area (Å²) in [4.78, 5) is 29.9. The molecular formula is C13H16BrN3O3S.